The second kappa shape index (κ2) is 10.1. The second-order valence-corrected chi connectivity index (χ2v) is 4.52. The molecule has 0 N–H and O–H groups in total. The molecule has 0 fully saturated rings. The summed E-state index contributed by atoms with van der Waals surface area (Å²) in [7, 11) is 0. The molecule has 0 aromatic rings. The Hall–Kier alpha value is -0.0800. The zero-order valence-corrected chi connectivity index (χ0v) is 12.1. The van der Waals surface area contributed by atoms with Crippen molar-refractivity contribution in [3.63, 3.8) is 0 Å². The van der Waals surface area contributed by atoms with E-state index < -0.39 is 0 Å². The largest absolute Gasteiger partial charge is 0.283 e. The third-order valence-corrected chi connectivity index (χ3v) is 2.89. The molecule has 0 heterocycles. The lowest BCUT2D eigenvalue weighted by molar-refractivity contribution is 0.141. The summed E-state index contributed by atoms with van der Waals surface area (Å²) in [6, 6.07) is 0. The third kappa shape index (κ3) is 5.86. The predicted molar refractivity (Wildman–Crippen MR) is 73.2 cm³/mol. The van der Waals surface area contributed by atoms with Crippen LogP contribution >= 0.6 is 0 Å². The smallest absolute Gasteiger partial charge is 0.103 e. The van der Waals surface area contributed by atoms with E-state index in [1.165, 1.54) is 58.0 Å². The maximum absolute atomic E-state index is 2.55. The first-order valence-electron chi connectivity index (χ1n) is 7.04. The molecule has 0 aromatic heterocycles. The molecule has 2 heteroatoms. The van der Waals surface area contributed by atoms with Gasteiger partial charge < -0.3 is 0 Å². The minimum absolute atomic E-state index is 1.20. The minimum atomic E-state index is 1.20. The Labute approximate surface area is 103 Å². The van der Waals surface area contributed by atoms with E-state index in [0.29, 0.717) is 0 Å². The van der Waals surface area contributed by atoms with Crippen molar-refractivity contribution in [1.82, 2.24) is 9.80 Å². The maximum Gasteiger partial charge on any atom is 0.103 e. The van der Waals surface area contributed by atoms with Gasteiger partial charge in [-0.05, 0) is 58.8 Å². The van der Waals surface area contributed by atoms with Crippen LogP contribution in [-0.2, 0) is 0 Å². The normalized spacial score (nSPS) is 12.0. The average Bonchev–Trinajstić information content (AvgIpc) is 2.27. The standard InChI is InChI=1S/C14H31N2/c1-6-10-15(11-7-2)14(5)16(12-8-3)13-9-4/h6-13H2,1-5H3. The summed E-state index contributed by atoms with van der Waals surface area (Å²) in [5.74, 6) is 0. The van der Waals surface area contributed by atoms with Gasteiger partial charge in [-0.3, -0.25) is 9.80 Å². The van der Waals surface area contributed by atoms with Gasteiger partial charge in [-0.1, -0.05) is 27.7 Å². The van der Waals surface area contributed by atoms with Crippen molar-refractivity contribution in [2.75, 3.05) is 26.2 Å². The summed E-state index contributed by atoms with van der Waals surface area (Å²) in [6.07, 6.45) is 6.44. The molecule has 0 unspecified atom stereocenters. The third-order valence-electron chi connectivity index (χ3n) is 2.89. The minimum Gasteiger partial charge on any atom is -0.283 e. The van der Waals surface area contributed by atoms with Crippen LogP contribution in [0, 0.1) is 6.17 Å². The highest BCUT2D eigenvalue weighted by atomic mass is 15.3. The van der Waals surface area contributed by atoms with E-state index in [4.69, 9.17) is 0 Å². The molecule has 97 valence electrons. The van der Waals surface area contributed by atoms with E-state index in [9.17, 15) is 0 Å². The van der Waals surface area contributed by atoms with Gasteiger partial charge in [0.15, 0.2) is 0 Å². The van der Waals surface area contributed by atoms with E-state index in [-0.39, 0.29) is 0 Å². The van der Waals surface area contributed by atoms with Crippen molar-refractivity contribution < 1.29 is 0 Å². The Bertz CT molecular complexity index is 120. The number of nitrogens with zero attached hydrogens (tertiary/aromatic N) is 2. The van der Waals surface area contributed by atoms with Crippen molar-refractivity contribution in [2.45, 2.75) is 60.3 Å². The fraction of sp³-hybridized carbons (Fsp3) is 0.929. The predicted octanol–water partition coefficient (Wildman–Crippen LogP) is 3.74. The van der Waals surface area contributed by atoms with Crippen molar-refractivity contribution in [3.8, 4) is 0 Å². The van der Waals surface area contributed by atoms with E-state index in [2.05, 4.69) is 44.4 Å². The molecule has 1 radical (unpaired) electrons. The van der Waals surface area contributed by atoms with Gasteiger partial charge in [-0.25, -0.2) is 0 Å². The van der Waals surface area contributed by atoms with Crippen LogP contribution in [0.15, 0.2) is 0 Å². The molecule has 0 saturated carbocycles. The summed E-state index contributed by atoms with van der Waals surface area (Å²) < 4.78 is 0. The Balaban J connectivity index is 4.31. The zero-order valence-electron chi connectivity index (χ0n) is 12.1. The monoisotopic (exact) mass is 227 g/mol. The Morgan fingerprint density at radius 1 is 0.625 bits per heavy atom. The lowest BCUT2D eigenvalue weighted by Crippen LogP contribution is -2.41. The summed E-state index contributed by atoms with van der Waals surface area (Å²) in [5.41, 5.74) is 0. The van der Waals surface area contributed by atoms with Gasteiger partial charge in [0.25, 0.3) is 0 Å². The molecule has 0 spiro atoms. The van der Waals surface area contributed by atoms with Crippen LogP contribution in [0.4, 0.5) is 0 Å². The van der Waals surface area contributed by atoms with Crippen molar-refractivity contribution in [1.29, 1.82) is 0 Å². The van der Waals surface area contributed by atoms with Gasteiger partial charge in [-0.2, -0.15) is 0 Å². The van der Waals surface area contributed by atoms with Crippen molar-refractivity contribution in [3.05, 3.63) is 6.17 Å². The van der Waals surface area contributed by atoms with E-state index in [0.717, 1.165) is 0 Å². The van der Waals surface area contributed by atoms with Gasteiger partial charge in [-0.15, -0.1) is 0 Å². The first kappa shape index (κ1) is 15.9. The first-order chi connectivity index (χ1) is 7.71. The highest BCUT2D eigenvalue weighted by Gasteiger charge is 2.19. The average molecular weight is 227 g/mol. The van der Waals surface area contributed by atoms with Gasteiger partial charge in [0.05, 0.1) is 0 Å². The van der Waals surface area contributed by atoms with Crippen LogP contribution in [0.3, 0.4) is 0 Å². The van der Waals surface area contributed by atoms with Gasteiger partial charge in [0.1, 0.15) is 6.17 Å². The highest BCUT2D eigenvalue weighted by molar-refractivity contribution is 4.84. The van der Waals surface area contributed by atoms with Crippen LogP contribution < -0.4 is 0 Å². The van der Waals surface area contributed by atoms with Crippen LogP contribution in [0.1, 0.15) is 60.3 Å². The lowest BCUT2D eigenvalue weighted by atomic mass is 10.2. The SMILES string of the molecule is CCCN(CCC)[C](C)N(CCC)CCC. The van der Waals surface area contributed by atoms with Gasteiger partial charge >= 0.3 is 0 Å². The van der Waals surface area contributed by atoms with Crippen LogP contribution in [0.25, 0.3) is 0 Å². The van der Waals surface area contributed by atoms with Crippen LogP contribution in [0.2, 0.25) is 0 Å². The molecule has 0 aromatic carbocycles. The van der Waals surface area contributed by atoms with Gasteiger partial charge in [0.2, 0.25) is 0 Å². The van der Waals surface area contributed by atoms with Crippen molar-refractivity contribution >= 4 is 0 Å². The molecule has 0 saturated heterocycles. The lowest BCUT2D eigenvalue weighted by Gasteiger charge is -2.36. The molecule has 0 aliphatic heterocycles. The highest BCUT2D eigenvalue weighted by Crippen LogP contribution is 2.16. The molecule has 0 rings (SSSR count). The Kier molecular flexibility index (Phi) is 10.0. The maximum atomic E-state index is 2.55. The zero-order chi connectivity index (χ0) is 12.4. The van der Waals surface area contributed by atoms with Crippen LogP contribution in [-0.4, -0.2) is 36.0 Å². The molecule has 16 heavy (non-hydrogen) atoms. The van der Waals surface area contributed by atoms with Crippen LogP contribution in [0.5, 0.6) is 0 Å². The van der Waals surface area contributed by atoms with Crippen molar-refractivity contribution in [2.24, 2.45) is 0 Å². The number of hydrogen-bond donors (Lipinski definition) is 0. The summed E-state index contributed by atoms with van der Waals surface area (Å²) in [5, 5.41) is 0. The fourth-order valence-electron chi connectivity index (χ4n) is 2.15. The number of hydrogen-bond acceptors (Lipinski definition) is 2. The quantitative estimate of drug-likeness (QED) is 0.561. The molecule has 0 aliphatic carbocycles. The molecule has 0 bridgehead atoms. The topological polar surface area (TPSA) is 6.48 Å². The summed E-state index contributed by atoms with van der Waals surface area (Å²) in [4.78, 5) is 5.09. The molecule has 2 nitrogen and oxygen atoms in total. The fourth-order valence-corrected chi connectivity index (χ4v) is 2.15. The Morgan fingerprint density at radius 2 is 0.875 bits per heavy atom. The summed E-state index contributed by atoms with van der Waals surface area (Å²) in [6.45, 7) is 16.1. The summed E-state index contributed by atoms with van der Waals surface area (Å²) >= 11 is 0. The van der Waals surface area contributed by atoms with Gasteiger partial charge in [0, 0.05) is 0 Å². The van der Waals surface area contributed by atoms with E-state index in [1.54, 1.807) is 0 Å². The molecule has 0 amide bonds. The Morgan fingerprint density at radius 3 is 1.06 bits per heavy atom. The molecular formula is C14H31N2. The molecule has 0 aliphatic rings. The van der Waals surface area contributed by atoms with E-state index >= 15 is 0 Å². The molecular weight excluding hydrogens is 196 g/mol. The molecule has 0 atom stereocenters. The first-order valence-corrected chi connectivity index (χ1v) is 7.04. The second-order valence-electron chi connectivity index (χ2n) is 4.52. The number of rotatable bonds is 10. The van der Waals surface area contributed by atoms with E-state index in [1.807, 2.05) is 0 Å².